The van der Waals surface area contributed by atoms with Gasteiger partial charge in [-0.25, -0.2) is 9.78 Å². The Kier molecular flexibility index (Phi) is 4.84. The van der Waals surface area contributed by atoms with Crippen LogP contribution in [0, 0.1) is 0 Å². The molecule has 1 N–H and O–H groups in total. The molecule has 1 aromatic heterocycles. The number of ether oxygens (including phenoxy) is 1. The van der Waals surface area contributed by atoms with Gasteiger partial charge in [0.15, 0.2) is 0 Å². The van der Waals surface area contributed by atoms with Crippen LogP contribution in [-0.4, -0.2) is 52.9 Å². The third-order valence-electron chi connectivity index (χ3n) is 3.71. The molecule has 0 unspecified atom stereocenters. The number of hydrogen-bond acceptors (Lipinski definition) is 5. The minimum absolute atomic E-state index is 0.262. The van der Waals surface area contributed by atoms with Gasteiger partial charge in [0.05, 0.1) is 5.60 Å². The lowest BCUT2D eigenvalue weighted by molar-refractivity contribution is 0.0240. The standard InChI is InChI=1S/C17H27N3O3/c1-16(2,3)23-15(21)20-10-8-19(9-11-20)14-7-6-13(12-18-14)17(4,5)22/h6-7,12,22H,8-11H2,1-5H3. The van der Waals surface area contributed by atoms with Gasteiger partial charge in [0, 0.05) is 37.9 Å². The van der Waals surface area contributed by atoms with Crippen molar-refractivity contribution in [1.82, 2.24) is 9.88 Å². The Hall–Kier alpha value is -1.82. The van der Waals surface area contributed by atoms with Gasteiger partial charge in [0.25, 0.3) is 0 Å². The number of aromatic nitrogens is 1. The highest BCUT2D eigenvalue weighted by atomic mass is 16.6. The molecule has 0 radical (unpaired) electrons. The van der Waals surface area contributed by atoms with Crippen LogP contribution in [0.5, 0.6) is 0 Å². The first-order valence-corrected chi connectivity index (χ1v) is 7.98. The SMILES string of the molecule is CC(C)(C)OC(=O)N1CCN(c2ccc(C(C)(C)O)cn2)CC1. The number of pyridine rings is 1. The average Bonchev–Trinajstić information content (AvgIpc) is 2.45. The van der Waals surface area contributed by atoms with Crippen molar-refractivity contribution in [3.05, 3.63) is 23.9 Å². The molecule has 0 aromatic carbocycles. The van der Waals surface area contributed by atoms with E-state index in [1.165, 1.54) is 0 Å². The van der Waals surface area contributed by atoms with Crippen molar-refractivity contribution in [2.75, 3.05) is 31.1 Å². The van der Waals surface area contributed by atoms with Crippen molar-refractivity contribution < 1.29 is 14.6 Å². The average molecular weight is 321 g/mol. The Balaban J connectivity index is 1.93. The lowest BCUT2D eigenvalue weighted by Gasteiger charge is -2.36. The monoisotopic (exact) mass is 321 g/mol. The molecule has 2 rings (SSSR count). The molecule has 0 saturated carbocycles. The minimum atomic E-state index is -0.888. The lowest BCUT2D eigenvalue weighted by Crippen LogP contribution is -2.50. The van der Waals surface area contributed by atoms with Gasteiger partial charge in [-0.3, -0.25) is 0 Å². The first-order chi connectivity index (χ1) is 10.6. The largest absolute Gasteiger partial charge is 0.444 e. The Labute approximate surface area is 138 Å². The van der Waals surface area contributed by atoms with Crippen LogP contribution in [0.25, 0.3) is 0 Å². The van der Waals surface area contributed by atoms with Crippen LogP contribution in [0.15, 0.2) is 18.3 Å². The van der Waals surface area contributed by atoms with E-state index in [-0.39, 0.29) is 6.09 Å². The number of rotatable bonds is 2. The summed E-state index contributed by atoms with van der Waals surface area (Å²) in [6, 6.07) is 3.80. The number of carbonyl (C=O) groups excluding carboxylic acids is 1. The van der Waals surface area contributed by atoms with Gasteiger partial charge in [-0.05, 0) is 40.7 Å². The third-order valence-corrected chi connectivity index (χ3v) is 3.71. The fourth-order valence-corrected chi connectivity index (χ4v) is 2.38. The van der Waals surface area contributed by atoms with Crippen LogP contribution in [-0.2, 0) is 10.3 Å². The molecular weight excluding hydrogens is 294 g/mol. The maximum Gasteiger partial charge on any atom is 0.410 e. The van der Waals surface area contributed by atoms with Gasteiger partial charge in [-0.1, -0.05) is 6.07 Å². The van der Waals surface area contributed by atoms with Crippen LogP contribution >= 0.6 is 0 Å². The van der Waals surface area contributed by atoms with Crippen molar-refractivity contribution in [2.45, 2.75) is 45.8 Å². The predicted molar refractivity (Wildman–Crippen MR) is 89.5 cm³/mol. The molecule has 6 heteroatoms. The lowest BCUT2D eigenvalue weighted by atomic mass is 10.0. The maximum absolute atomic E-state index is 12.1. The van der Waals surface area contributed by atoms with Gasteiger partial charge < -0.3 is 19.6 Å². The van der Waals surface area contributed by atoms with Crippen LogP contribution in [0.3, 0.4) is 0 Å². The topological polar surface area (TPSA) is 65.9 Å². The molecule has 1 aliphatic heterocycles. The van der Waals surface area contributed by atoms with E-state index >= 15 is 0 Å². The van der Waals surface area contributed by atoms with Crippen molar-refractivity contribution >= 4 is 11.9 Å². The number of nitrogens with zero attached hydrogens (tertiary/aromatic N) is 3. The summed E-state index contributed by atoms with van der Waals surface area (Å²) < 4.78 is 5.40. The number of anilines is 1. The van der Waals surface area contributed by atoms with E-state index in [9.17, 15) is 9.90 Å². The Morgan fingerprint density at radius 3 is 2.17 bits per heavy atom. The highest BCUT2D eigenvalue weighted by Gasteiger charge is 2.26. The summed E-state index contributed by atoms with van der Waals surface area (Å²) in [5, 5.41) is 9.97. The fraction of sp³-hybridized carbons (Fsp3) is 0.647. The van der Waals surface area contributed by atoms with Crippen molar-refractivity contribution in [3.63, 3.8) is 0 Å². The molecule has 1 amide bonds. The highest BCUT2D eigenvalue weighted by Crippen LogP contribution is 2.22. The Morgan fingerprint density at radius 1 is 1.13 bits per heavy atom. The number of piperazine rings is 1. The zero-order chi connectivity index (χ0) is 17.3. The quantitative estimate of drug-likeness (QED) is 0.906. The number of amides is 1. The summed E-state index contributed by atoms with van der Waals surface area (Å²) in [6.07, 6.45) is 1.44. The summed E-state index contributed by atoms with van der Waals surface area (Å²) in [7, 11) is 0. The molecule has 0 aliphatic carbocycles. The second-order valence-corrected chi connectivity index (χ2v) is 7.42. The van der Waals surface area contributed by atoms with E-state index in [0.717, 1.165) is 11.4 Å². The van der Waals surface area contributed by atoms with Gasteiger partial charge in [-0.2, -0.15) is 0 Å². The zero-order valence-electron chi connectivity index (χ0n) is 14.7. The van der Waals surface area contributed by atoms with Crippen molar-refractivity contribution in [1.29, 1.82) is 0 Å². The molecule has 6 nitrogen and oxygen atoms in total. The molecule has 1 aliphatic rings. The summed E-state index contributed by atoms with van der Waals surface area (Å²) in [5.41, 5.74) is -0.572. The Morgan fingerprint density at radius 2 is 1.74 bits per heavy atom. The summed E-state index contributed by atoms with van der Waals surface area (Å²) in [4.78, 5) is 20.3. The van der Waals surface area contributed by atoms with Crippen molar-refractivity contribution in [2.24, 2.45) is 0 Å². The normalized spacial score (nSPS) is 16.4. The van der Waals surface area contributed by atoms with E-state index in [4.69, 9.17) is 4.74 Å². The third kappa shape index (κ3) is 4.82. The predicted octanol–water partition coefficient (Wildman–Crippen LogP) is 2.37. The molecule has 1 saturated heterocycles. The minimum Gasteiger partial charge on any atom is -0.444 e. The summed E-state index contributed by atoms with van der Waals surface area (Å²) in [5.74, 6) is 0.863. The molecular formula is C17H27N3O3. The van der Waals surface area contributed by atoms with Crippen LogP contribution in [0.1, 0.15) is 40.2 Å². The molecule has 2 heterocycles. The van der Waals surface area contributed by atoms with Crippen molar-refractivity contribution in [3.8, 4) is 0 Å². The number of aliphatic hydroxyl groups is 1. The van der Waals surface area contributed by atoms with E-state index in [1.807, 2.05) is 32.9 Å². The van der Waals surface area contributed by atoms with Gasteiger partial charge >= 0.3 is 6.09 Å². The summed E-state index contributed by atoms with van der Waals surface area (Å²) >= 11 is 0. The highest BCUT2D eigenvalue weighted by molar-refractivity contribution is 5.68. The zero-order valence-corrected chi connectivity index (χ0v) is 14.7. The number of hydrogen-bond donors (Lipinski definition) is 1. The smallest absolute Gasteiger partial charge is 0.410 e. The van der Waals surface area contributed by atoms with Crippen LogP contribution < -0.4 is 4.90 Å². The van der Waals surface area contributed by atoms with Crippen LogP contribution in [0.2, 0.25) is 0 Å². The van der Waals surface area contributed by atoms with Gasteiger partial charge in [0.2, 0.25) is 0 Å². The van der Waals surface area contributed by atoms with E-state index in [2.05, 4.69) is 9.88 Å². The second-order valence-electron chi connectivity index (χ2n) is 7.42. The van der Waals surface area contributed by atoms with E-state index < -0.39 is 11.2 Å². The molecule has 128 valence electrons. The fourth-order valence-electron chi connectivity index (χ4n) is 2.38. The number of carbonyl (C=O) groups is 1. The molecule has 1 aromatic rings. The van der Waals surface area contributed by atoms with Crippen LogP contribution in [0.4, 0.5) is 10.6 Å². The molecule has 0 atom stereocenters. The second kappa shape index (κ2) is 6.35. The molecule has 1 fully saturated rings. The molecule has 0 bridgehead atoms. The van der Waals surface area contributed by atoms with E-state index in [0.29, 0.717) is 26.2 Å². The molecule has 23 heavy (non-hydrogen) atoms. The maximum atomic E-state index is 12.1. The first-order valence-electron chi connectivity index (χ1n) is 7.98. The Bertz CT molecular complexity index is 536. The first kappa shape index (κ1) is 17.5. The van der Waals surface area contributed by atoms with E-state index in [1.54, 1.807) is 24.9 Å². The molecule has 0 spiro atoms. The van der Waals surface area contributed by atoms with Gasteiger partial charge in [0.1, 0.15) is 11.4 Å². The van der Waals surface area contributed by atoms with Gasteiger partial charge in [-0.15, -0.1) is 0 Å². The summed E-state index contributed by atoms with van der Waals surface area (Å²) in [6.45, 7) is 11.8.